The van der Waals surface area contributed by atoms with Gasteiger partial charge in [-0.15, -0.1) is 0 Å². The molecular formula is C17H25NO. The van der Waals surface area contributed by atoms with Gasteiger partial charge >= 0.3 is 0 Å². The minimum absolute atomic E-state index is 0.0680. The average molecular weight is 259 g/mol. The summed E-state index contributed by atoms with van der Waals surface area (Å²) in [4.78, 5) is 0. The number of benzene rings is 1. The smallest absolute Gasteiger partial charge is 0.0863 e. The lowest BCUT2D eigenvalue weighted by atomic mass is 9.67. The summed E-state index contributed by atoms with van der Waals surface area (Å²) in [5, 5.41) is 11.0. The van der Waals surface area contributed by atoms with Crippen LogP contribution in [-0.4, -0.2) is 11.7 Å². The van der Waals surface area contributed by atoms with E-state index in [1.165, 1.54) is 30.4 Å². The van der Waals surface area contributed by atoms with Crippen LogP contribution in [-0.2, 0) is 0 Å². The molecule has 2 fully saturated rings. The van der Waals surface area contributed by atoms with E-state index in [0.717, 1.165) is 17.9 Å². The van der Waals surface area contributed by atoms with Crippen LogP contribution in [0.2, 0.25) is 0 Å². The van der Waals surface area contributed by atoms with Gasteiger partial charge in [-0.3, -0.25) is 0 Å². The molecule has 3 rings (SSSR count). The molecule has 1 aromatic rings. The van der Waals surface area contributed by atoms with Gasteiger partial charge in [0.15, 0.2) is 0 Å². The molecule has 104 valence electrons. The van der Waals surface area contributed by atoms with Crippen molar-refractivity contribution < 1.29 is 5.11 Å². The van der Waals surface area contributed by atoms with Crippen molar-refractivity contribution in [1.82, 2.24) is 0 Å². The Morgan fingerprint density at radius 2 is 2.16 bits per heavy atom. The summed E-state index contributed by atoms with van der Waals surface area (Å²) in [6.07, 6.45) is 4.59. The van der Waals surface area contributed by atoms with Crippen LogP contribution in [0.4, 0.5) is 0 Å². The van der Waals surface area contributed by atoms with E-state index < -0.39 is 6.10 Å². The first kappa shape index (κ1) is 13.1. The van der Waals surface area contributed by atoms with Crippen molar-refractivity contribution in [1.29, 1.82) is 0 Å². The van der Waals surface area contributed by atoms with E-state index in [2.05, 4.69) is 32.0 Å². The minimum atomic E-state index is -0.396. The monoisotopic (exact) mass is 259 g/mol. The molecule has 0 radical (unpaired) electrons. The van der Waals surface area contributed by atoms with Gasteiger partial charge in [0.1, 0.15) is 0 Å². The summed E-state index contributed by atoms with van der Waals surface area (Å²) in [6.45, 7) is 4.84. The van der Waals surface area contributed by atoms with E-state index in [-0.39, 0.29) is 5.41 Å². The zero-order chi connectivity index (χ0) is 13.6. The molecular weight excluding hydrogens is 234 g/mol. The van der Waals surface area contributed by atoms with Gasteiger partial charge in [-0.05, 0) is 61.6 Å². The fourth-order valence-corrected chi connectivity index (χ4v) is 4.56. The molecule has 19 heavy (non-hydrogen) atoms. The lowest BCUT2D eigenvalue weighted by molar-refractivity contribution is -0.0134. The Hall–Kier alpha value is -0.860. The maximum Gasteiger partial charge on any atom is 0.0863 e. The van der Waals surface area contributed by atoms with Gasteiger partial charge in [0.25, 0.3) is 0 Å². The van der Waals surface area contributed by atoms with Gasteiger partial charge in [-0.25, -0.2) is 0 Å². The molecule has 4 unspecified atom stereocenters. The summed E-state index contributed by atoms with van der Waals surface area (Å²) in [5.41, 5.74) is 9.63. The molecule has 2 nitrogen and oxygen atoms in total. The molecule has 4 atom stereocenters. The number of rotatable bonds is 3. The molecule has 0 aliphatic heterocycles. The first-order chi connectivity index (χ1) is 9.08. The molecule has 3 N–H and O–H groups in total. The zero-order valence-electron chi connectivity index (χ0n) is 12.0. The van der Waals surface area contributed by atoms with Crippen LogP contribution in [0.25, 0.3) is 0 Å². The molecule has 2 saturated carbocycles. The second kappa shape index (κ2) is 4.60. The predicted octanol–water partition coefficient (Wildman–Crippen LogP) is 3.10. The molecule has 0 heterocycles. The van der Waals surface area contributed by atoms with Crippen molar-refractivity contribution in [3.63, 3.8) is 0 Å². The number of aryl methyl sites for hydroxylation is 1. The molecule has 2 aliphatic carbocycles. The molecule has 0 aromatic heterocycles. The van der Waals surface area contributed by atoms with Crippen LogP contribution in [0.1, 0.15) is 48.5 Å². The third kappa shape index (κ3) is 1.85. The summed E-state index contributed by atoms with van der Waals surface area (Å²) in [7, 11) is 0. The highest BCUT2D eigenvalue weighted by Gasteiger charge is 2.54. The van der Waals surface area contributed by atoms with E-state index in [0.29, 0.717) is 12.5 Å². The molecule has 0 spiro atoms. The van der Waals surface area contributed by atoms with Gasteiger partial charge in [0, 0.05) is 12.0 Å². The largest absolute Gasteiger partial charge is 0.388 e. The molecule has 2 heteroatoms. The second-order valence-electron chi connectivity index (χ2n) is 6.71. The zero-order valence-corrected chi connectivity index (χ0v) is 12.0. The summed E-state index contributed by atoms with van der Waals surface area (Å²) < 4.78 is 0. The maximum absolute atomic E-state index is 11.0. The van der Waals surface area contributed by atoms with Gasteiger partial charge in [-0.1, -0.05) is 24.6 Å². The van der Waals surface area contributed by atoms with Gasteiger partial charge in [0.2, 0.25) is 0 Å². The quantitative estimate of drug-likeness (QED) is 0.876. The van der Waals surface area contributed by atoms with Crippen LogP contribution < -0.4 is 5.73 Å². The summed E-state index contributed by atoms with van der Waals surface area (Å²) in [6, 6.07) is 6.25. The molecule has 0 amide bonds. The second-order valence-corrected chi connectivity index (χ2v) is 6.71. The fraction of sp³-hybridized carbons (Fsp3) is 0.647. The first-order valence-corrected chi connectivity index (χ1v) is 7.52. The third-order valence-electron chi connectivity index (χ3n) is 5.89. The van der Waals surface area contributed by atoms with Crippen LogP contribution >= 0.6 is 0 Å². The van der Waals surface area contributed by atoms with Gasteiger partial charge in [0.05, 0.1) is 6.10 Å². The lowest BCUT2D eigenvalue weighted by Crippen LogP contribution is -2.41. The highest BCUT2D eigenvalue weighted by Crippen LogP contribution is 2.60. The molecule has 0 saturated heterocycles. The van der Waals surface area contributed by atoms with Crippen molar-refractivity contribution in [2.75, 3.05) is 6.54 Å². The predicted molar refractivity (Wildman–Crippen MR) is 77.8 cm³/mol. The van der Waals surface area contributed by atoms with E-state index in [9.17, 15) is 5.11 Å². The normalized spacial score (nSPS) is 34.7. The number of hydrogen-bond donors (Lipinski definition) is 2. The number of nitrogens with two attached hydrogens (primary N) is 1. The van der Waals surface area contributed by atoms with Gasteiger partial charge < -0.3 is 10.8 Å². The summed E-state index contributed by atoms with van der Waals surface area (Å²) >= 11 is 0. The van der Waals surface area contributed by atoms with Crippen LogP contribution in [0.15, 0.2) is 18.2 Å². The van der Waals surface area contributed by atoms with E-state index >= 15 is 0 Å². The SMILES string of the molecule is Cc1cccc(C(O)C2(CN)CC3CCC2C3)c1C. The third-order valence-corrected chi connectivity index (χ3v) is 5.89. The van der Waals surface area contributed by atoms with E-state index in [1.54, 1.807) is 0 Å². The Morgan fingerprint density at radius 3 is 2.74 bits per heavy atom. The molecule has 2 aliphatic rings. The van der Waals surface area contributed by atoms with Crippen molar-refractivity contribution in [2.45, 2.75) is 45.6 Å². The van der Waals surface area contributed by atoms with Crippen molar-refractivity contribution in [3.8, 4) is 0 Å². The standard InChI is InChI=1S/C17H25NO/c1-11-4-3-5-15(12(11)2)16(19)17(10-18)9-13-6-7-14(17)8-13/h3-5,13-14,16,19H,6-10,18H2,1-2H3. The van der Waals surface area contributed by atoms with Crippen molar-refractivity contribution in [2.24, 2.45) is 23.0 Å². The highest BCUT2D eigenvalue weighted by atomic mass is 16.3. The Bertz CT molecular complexity index is 484. The van der Waals surface area contributed by atoms with Crippen molar-refractivity contribution >= 4 is 0 Å². The highest BCUT2D eigenvalue weighted by molar-refractivity contribution is 5.36. The summed E-state index contributed by atoms with van der Waals surface area (Å²) in [5.74, 6) is 1.42. The topological polar surface area (TPSA) is 46.2 Å². The number of aliphatic hydroxyl groups excluding tert-OH is 1. The Morgan fingerprint density at radius 1 is 1.37 bits per heavy atom. The molecule has 2 bridgehead atoms. The first-order valence-electron chi connectivity index (χ1n) is 7.52. The minimum Gasteiger partial charge on any atom is -0.388 e. The average Bonchev–Trinajstić information content (AvgIpc) is 3.02. The number of aliphatic hydroxyl groups is 1. The van der Waals surface area contributed by atoms with Crippen molar-refractivity contribution in [3.05, 3.63) is 34.9 Å². The Balaban J connectivity index is 1.98. The Kier molecular flexibility index (Phi) is 3.18. The van der Waals surface area contributed by atoms with E-state index in [4.69, 9.17) is 5.73 Å². The number of hydrogen-bond acceptors (Lipinski definition) is 2. The lowest BCUT2D eigenvalue weighted by Gasteiger charge is -2.41. The maximum atomic E-state index is 11.0. The number of fused-ring (bicyclic) bond motifs is 2. The van der Waals surface area contributed by atoms with Crippen LogP contribution in [0.5, 0.6) is 0 Å². The van der Waals surface area contributed by atoms with Crippen LogP contribution in [0, 0.1) is 31.1 Å². The molecule has 1 aromatic carbocycles. The van der Waals surface area contributed by atoms with E-state index in [1.807, 2.05) is 0 Å². The Labute approximate surface area is 116 Å². The van der Waals surface area contributed by atoms with Crippen LogP contribution in [0.3, 0.4) is 0 Å². The fourth-order valence-electron chi connectivity index (χ4n) is 4.56. The van der Waals surface area contributed by atoms with Gasteiger partial charge in [-0.2, -0.15) is 0 Å².